The van der Waals surface area contributed by atoms with Crippen LogP contribution in [0.15, 0.2) is 48.5 Å². The molecule has 3 rings (SSSR count). The van der Waals surface area contributed by atoms with E-state index in [4.69, 9.17) is 4.74 Å². The third-order valence-corrected chi connectivity index (χ3v) is 4.70. The van der Waals surface area contributed by atoms with Crippen LogP contribution in [0, 0.1) is 0 Å². The molecule has 0 aromatic heterocycles. The summed E-state index contributed by atoms with van der Waals surface area (Å²) in [5.41, 5.74) is 2.22. The summed E-state index contributed by atoms with van der Waals surface area (Å²) >= 11 is 0. The fraction of sp³-hybridized carbons (Fsp3) is 0.368. The molecule has 2 nitrogen and oxygen atoms in total. The highest BCUT2D eigenvalue weighted by molar-refractivity contribution is 5.39. The van der Waals surface area contributed by atoms with Crippen LogP contribution < -0.4 is 4.74 Å². The predicted molar refractivity (Wildman–Crippen MR) is 84.7 cm³/mol. The van der Waals surface area contributed by atoms with Crippen LogP contribution in [0.25, 0.3) is 0 Å². The molecule has 1 N–H and O–H groups in total. The Balaban J connectivity index is 1.85. The molecular formula is C19H22O2. The van der Waals surface area contributed by atoms with Crippen LogP contribution in [-0.4, -0.2) is 12.2 Å². The Kier molecular flexibility index (Phi) is 3.73. The van der Waals surface area contributed by atoms with Gasteiger partial charge in [0.2, 0.25) is 0 Å². The largest absolute Gasteiger partial charge is 0.497 e. The molecule has 0 heterocycles. The summed E-state index contributed by atoms with van der Waals surface area (Å²) in [6.45, 7) is 1.84. The minimum Gasteiger partial charge on any atom is -0.497 e. The van der Waals surface area contributed by atoms with E-state index >= 15 is 0 Å². The number of rotatable bonds is 4. The lowest BCUT2D eigenvalue weighted by molar-refractivity contribution is 0.102. The van der Waals surface area contributed by atoms with Crippen LogP contribution in [0.4, 0.5) is 0 Å². The SMILES string of the molecule is COc1ccc(C(C)(O)c2ccc(C3CCC3)cc2)cc1. The molecule has 1 saturated carbocycles. The van der Waals surface area contributed by atoms with Crippen molar-refractivity contribution in [3.8, 4) is 5.75 Å². The minimum absolute atomic E-state index is 0.727. The van der Waals surface area contributed by atoms with Crippen LogP contribution in [0.2, 0.25) is 0 Å². The molecule has 1 atom stereocenters. The Morgan fingerprint density at radius 1 is 0.952 bits per heavy atom. The Morgan fingerprint density at radius 2 is 1.48 bits per heavy atom. The van der Waals surface area contributed by atoms with Crippen LogP contribution in [0.3, 0.4) is 0 Å². The van der Waals surface area contributed by atoms with Crippen LogP contribution in [-0.2, 0) is 5.60 Å². The van der Waals surface area contributed by atoms with Gasteiger partial charge in [0.25, 0.3) is 0 Å². The molecule has 0 radical (unpaired) electrons. The average molecular weight is 282 g/mol. The lowest BCUT2D eigenvalue weighted by Crippen LogP contribution is -2.22. The first-order valence-corrected chi connectivity index (χ1v) is 7.58. The zero-order valence-electron chi connectivity index (χ0n) is 12.7. The van der Waals surface area contributed by atoms with Gasteiger partial charge < -0.3 is 9.84 Å². The molecular weight excluding hydrogens is 260 g/mol. The highest BCUT2D eigenvalue weighted by Crippen LogP contribution is 2.37. The highest BCUT2D eigenvalue weighted by Gasteiger charge is 2.26. The normalized spacial score (nSPS) is 17.9. The molecule has 0 amide bonds. The summed E-state index contributed by atoms with van der Waals surface area (Å²) in [4.78, 5) is 0. The van der Waals surface area contributed by atoms with Crippen LogP contribution >= 0.6 is 0 Å². The molecule has 0 spiro atoms. The van der Waals surface area contributed by atoms with Gasteiger partial charge in [0.05, 0.1) is 7.11 Å². The minimum atomic E-state index is -0.982. The summed E-state index contributed by atoms with van der Waals surface area (Å²) in [5, 5.41) is 10.9. The van der Waals surface area contributed by atoms with Crippen molar-refractivity contribution < 1.29 is 9.84 Å². The Morgan fingerprint density at radius 3 is 1.90 bits per heavy atom. The first-order chi connectivity index (χ1) is 10.1. The van der Waals surface area contributed by atoms with Gasteiger partial charge in [-0.05, 0) is 54.5 Å². The van der Waals surface area contributed by atoms with E-state index in [1.807, 2.05) is 31.2 Å². The number of hydrogen-bond acceptors (Lipinski definition) is 2. The fourth-order valence-corrected chi connectivity index (χ4v) is 2.90. The first-order valence-electron chi connectivity index (χ1n) is 7.58. The molecule has 0 bridgehead atoms. The van der Waals surface area contributed by atoms with Crippen molar-refractivity contribution in [2.24, 2.45) is 0 Å². The maximum absolute atomic E-state index is 10.9. The zero-order valence-corrected chi connectivity index (χ0v) is 12.7. The van der Waals surface area contributed by atoms with Gasteiger partial charge in [-0.25, -0.2) is 0 Å². The molecule has 21 heavy (non-hydrogen) atoms. The van der Waals surface area contributed by atoms with E-state index in [1.54, 1.807) is 7.11 Å². The molecule has 1 aliphatic carbocycles. The van der Waals surface area contributed by atoms with Crippen molar-refractivity contribution in [3.05, 3.63) is 65.2 Å². The van der Waals surface area contributed by atoms with Gasteiger partial charge in [0.1, 0.15) is 11.4 Å². The second-order valence-electron chi connectivity index (χ2n) is 6.05. The number of ether oxygens (including phenoxy) is 1. The van der Waals surface area contributed by atoms with Gasteiger partial charge in [-0.15, -0.1) is 0 Å². The molecule has 1 unspecified atom stereocenters. The van der Waals surface area contributed by atoms with Crippen LogP contribution in [0.5, 0.6) is 5.75 Å². The van der Waals surface area contributed by atoms with Gasteiger partial charge in [-0.3, -0.25) is 0 Å². The van der Waals surface area contributed by atoms with Gasteiger partial charge in [-0.1, -0.05) is 42.8 Å². The summed E-state index contributed by atoms with van der Waals surface area (Å²) in [6.07, 6.45) is 3.94. The van der Waals surface area contributed by atoms with E-state index in [0.29, 0.717) is 0 Å². The Hall–Kier alpha value is -1.80. The molecule has 0 saturated heterocycles. The van der Waals surface area contributed by atoms with Gasteiger partial charge in [0.15, 0.2) is 0 Å². The van der Waals surface area contributed by atoms with Crippen LogP contribution in [0.1, 0.15) is 48.8 Å². The van der Waals surface area contributed by atoms with Crippen molar-refractivity contribution in [1.82, 2.24) is 0 Å². The number of methoxy groups -OCH3 is 1. The van der Waals surface area contributed by atoms with Crippen molar-refractivity contribution in [2.45, 2.75) is 37.7 Å². The number of hydrogen-bond donors (Lipinski definition) is 1. The van der Waals surface area contributed by atoms with Crippen molar-refractivity contribution >= 4 is 0 Å². The monoisotopic (exact) mass is 282 g/mol. The molecule has 1 aliphatic rings. The van der Waals surface area contributed by atoms with Crippen molar-refractivity contribution in [1.29, 1.82) is 0 Å². The van der Waals surface area contributed by atoms with Gasteiger partial charge in [-0.2, -0.15) is 0 Å². The Labute approximate surface area is 126 Å². The molecule has 2 aromatic rings. The smallest absolute Gasteiger partial charge is 0.118 e. The fourth-order valence-electron chi connectivity index (χ4n) is 2.90. The Bertz CT molecular complexity index is 592. The van der Waals surface area contributed by atoms with Gasteiger partial charge in [0, 0.05) is 0 Å². The van der Waals surface area contributed by atoms with Gasteiger partial charge >= 0.3 is 0 Å². The second kappa shape index (κ2) is 5.53. The standard InChI is InChI=1S/C19H22O2/c1-19(20,17-10-12-18(21-2)13-11-17)16-8-6-15(7-9-16)14-4-3-5-14/h6-14,20H,3-5H2,1-2H3. The molecule has 110 valence electrons. The third kappa shape index (κ3) is 2.68. The lowest BCUT2D eigenvalue weighted by atomic mass is 9.79. The second-order valence-corrected chi connectivity index (χ2v) is 6.05. The third-order valence-electron chi connectivity index (χ3n) is 4.70. The topological polar surface area (TPSA) is 29.5 Å². The summed E-state index contributed by atoms with van der Waals surface area (Å²) in [7, 11) is 1.65. The molecule has 2 heteroatoms. The van der Waals surface area contributed by atoms with E-state index in [1.165, 1.54) is 24.8 Å². The lowest BCUT2D eigenvalue weighted by Gasteiger charge is -2.28. The zero-order chi connectivity index (χ0) is 14.9. The van der Waals surface area contributed by atoms with E-state index in [-0.39, 0.29) is 0 Å². The van der Waals surface area contributed by atoms with Crippen molar-refractivity contribution in [2.75, 3.05) is 7.11 Å². The van der Waals surface area contributed by atoms with E-state index in [2.05, 4.69) is 24.3 Å². The van der Waals surface area contributed by atoms with E-state index in [0.717, 1.165) is 22.8 Å². The predicted octanol–water partition coefficient (Wildman–Crippen LogP) is 4.22. The molecule has 2 aromatic carbocycles. The summed E-state index contributed by atoms with van der Waals surface area (Å²) < 4.78 is 5.17. The number of aliphatic hydroxyl groups is 1. The quantitative estimate of drug-likeness (QED) is 0.910. The molecule has 0 aliphatic heterocycles. The maximum Gasteiger partial charge on any atom is 0.118 e. The van der Waals surface area contributed by atoms with E-state index < -0.39 is 5.60 Å². The maximum atomic E-state index is 10.9. The summed E-state index contributed by atoms with van der Waals surface area (Å²) in [5.74, 6) is 1.53. The van der Waals surface area contributed by atoms with E-state index in [9.17, 15) is 5.11 Å². The summed E-state index contributed by atoms with van der Waals surface area (Å²) in [6, 6.07) is 16.0. The van der Waals surface area contributed by atoms with Crippen molar-refractivity contribution in [3.63, 3.8) is 0 Å². The highest BCUT2D eigenvalue weighted by atomic mass is 16.5. The number of benzene rings is 2. The molecule has 1 fully saturated rings. The first kappa shape index (κ1) is 14.2. The average Bonchev–Trinajstić information content (AvgIpc) is 2.46.